The van der Waals surface area contributed by atoms with Gasteiger partial charge in [0, 0.05) is 21.9 Å². The van der Waals surface area contributed by atoms with E-state index in [2.05, 4.69) is 37.2 Å². The molecule has 1 amide bonds. The molecule has 0 spiro atoms. The fourth-order valence-electron chi connectivity index (χ4n) is 1.53. The summed E-state index contributed by atoms with van der Waals surface area (Å²) in [5.41, 5.74) is 1.03. The minimum Gasteiger partial charge on any atom is -0.351 e. The maximum absolute atomic E-state index is 11.8. The highest BCUT2D eigenvalue weighted by molar-refractivity contribution is 9.10. The number of hydrogen-bond acceptors (Lipinski definition) is 1. The Hall–Kier alpha value is -0.350. The van der Waals surface area contributed by atoms with E-state index < -0.39 is 0 Å². The average molecular weight is 347 g/mol. The fraction of sp³-hybridized carbons (Fsp3) is 0.417. The van der Waals surface area contributed by atoms with Gasteiger partial charge in [-0.25, -0.2) is 0 Å². The van der Waals surface area contributed by atoms with Gasteiger partial charge in [0.05, 0.1) is 0 Å². The molecular formula is C12H13Br2NO. The number of carbonyl (C=O) groups is 1. The molecule has 1 N–H and O–H groups in total. The normalized spacial score (nSPS) is 16.9. The smallest absolute Gasteiger partial charge is 0.251 e. The number of nitrogens with one attached hydrogen (secondary N) is 1. The molecular weight excluding hydrogens is 334 g/mol. The first kappa shape index (κ1) is 12.1. The minimum atomic E-state index is 0.00789. The second kappa shape index (κ2) is 4.88. The van der Waals surface area contributed by atoms with E-state index in [1.807, 2.05) is 24.3 Å². The van der Waals surface area contributed by atoms with Crippen molar-refractivity contribution in [2.24, 2.45) is 5.41 Å². The Morgan fingerprint density at radius 1 is 1.44 bits per heavy atom. The van der Waals surface area contributed by atoms with Crippen molar-refractivity contribution >= 4 is 37.8 Å². The van der Waals surface area contributed by atoms with Gasteiger partial charge < -0.3 is 5.32 Å². The Labute approximate surface area is 112 Å². The topological polar surface area (TPSA) is 29.1 Å². The van der Waals surface area contributed by atoms with Crippen molar-refractivity contribution in [2.45, 2.75) is 12.8 Å². The largest absolute Gasteiger partial charge is 0.351 e. The number of alkyl halides is 1. The van der Waals surface area contributed by atoms with Gasteiger partial charge in [0.15, 0.2) is 0 Å². The van der Waals surface area contributed by atoms with Gasteiger partial charge >= 0.3 is 0 Å². The lowest BCUT2D eigenvalue weighted by molar-refractivity contribution is 0.0946. The molecule has 86 valence electrons. The number of benzene rings is 1. The van der Waals surface area contributed by atoms with Crippen LogP contribution in [0.5, 0.6) is 0 Å². The molecule has 0 unspecified atom stereocenters. The highest BCUT2D eigenvalue weighted by Crippen LogP contribution is 2.46. The van der Waals surface area contributed by atoms with Gasteiger partial charge in [-0.05, 0) is 36.5 Å². The number of rotatable bonds is 4. The maximum atomic E-state index is 11.8. The third-order valence-corrected chi connectivity index (χ3v) is 4.63. The Morgan fingerprint density at radius 2 is 2.19 bits per heavy atom. The summed E-state index contributed by atoms with van der Waals surface area (Å²) in [5, 5.41) is 3.96. The molecule has 4 heteroatoms. The van der Waals surface area contributed by atoms with Crippen LogP contribution in [0.3, 0.4) is 0 Å². The van der Waals surface area contributed by atoms with Gasteiger partial charge in [0.1, 0.15) is 0 Å². The molecule has 2 rings (SSSR count). The summed E-state index contributed by atoms with van der Waals surface area (Å²) in [6.45, 7) is 0.767. The molecule has 0 atom stereocenters. The second-order valence-corrected chi connectivity index (χ2v) is 5.80. The summed E-state index contributed by atoms with van der Waals surface area (Å²) in [4.78, 5) is 11.8. The van der Waals surface area contributed by atoms with E-state index in [4.69, 9.17) is 0 Å². The number of carbonyl (C=O) groups excluding carboxylic acids is 1. The van der Waals surface area contributed by atoms with Gasteiger partial charge in [-0.2, -0.15) is 0 Å². The van der Waals surface area contributed by atoms with Gasteiger partial charge in [-0.1, -0.05) is 37.9 Å². The molecule has 0 aromatic heterocycles. The molecule has 1 fully saturated rings. The molecule has 0 aliphatic heterocycles. The highest BCUT2D eigenvalue weighted by Gasteiger charge is 2.41. The molecule has 0 radical (unpaired) electrons. The summed E-state index contributed by atoms with van der Waals surface area (Å²) >= 11 is 6.85. The van der Waals surface area contributed by atoms with Gasteiger partial charge in [-0.15, -0.1) is 0 Å². The summed E-state index contributed by atoms with van der Waals surface area (Å²) in [7, 11) is 0. The van der Waals surface area contributed by atoms with E-state index in [9.17, 15) is 4.79 Å². The number of hydrogen-bond donors (Lipinski definition) is 1. The van der Waals surface area contributed by atoms with Crippen LogP contribution in [-0.2, 0) is 0 Å². The first-order valence-corrected chi connectivity index (χ1v) is 7.16. The standard InChI is InChI=1S/C12H13Br2NO/c13-7-12(4-5-12)8-15-11(16)9-2-1-3-10(14)6-9/h1-3,6H,4-5,7-8H2,(H,15,16). The Kier molecular flexibility index (Phi) is 3.70. The lowest BCUT2D eigenvalue weighted by Crippen LogP contribution is -2.30. The van der Waals surface area contributed by atoms with Crippen molar-refractivity contribution < 1.29 is 4.79 Å². The number of halogens is 2. The summed E-state index contributed by atoms with van der Waals surface area (Å²) in [5.74, 6) is 0.00789. The van der Waals surface area contributed by atoms with Crippen molar-refractivity contribution in [2.75, 3.05) is 11.9 Å². The van der Waals surface area contributed by atoms with Crippen LogP contribution in [0.25, 0.3) is 0 Å². The zero-order chi connectivity index (χ0) is 11.6. The van der Waals surface area contributed by atoms with E-state index >= 15 is 0 Å². The van der Waals surface area contributed by atoms with Gasteiger partial charge in [0.2, 0.25) is 0 Å². The monoisotopic (exact) mass is 345 g/mol. The van der Waals surface area contributed by atoms with Crippen LogP contribution in [-0.4, -0.2) is 17.8 Å². The predicted molar refractivity (Wildman–Crippen MR) is 71.9 cm³/mol. The lowest BCUT2D eigenvalue weighted by Gasteiger charge is -2.12. The SMILES string of the molecule is O=C(NCC1(CBr)CC1)c1cccc(Br)c1. The molecule has 1 aromatic rings. The molecule has 1 aliphatic carbocycles. The summed E-state index contributed by atoms with van der Waals surface area (Å²) < 4.78 is 0.932. The zero-order valence-corrected chi connectivity index (χ0v) is 12.0. The predicted octanol–water partition coefficient (Wildman–Crippen LogP) is 3.35. The highest BCUT2D eigenvalue weighted by atomic mass is 79.9. The van der Waals surface area contributed by atoms with E-state index in [0.717, 1.165) is 16.3 Å². The summed E-state index contributed by atoms with van der Waals surface area (Å²) in [6.07, 6.45) is 2.41. The number of amides is 1. The molecule has 1 aliphatic rings. The fourth-order valence-corrected chi connectivity index (χ4v) is 2.69. The van der Waals surface area contributed by atoms with E-state index in [0.29, 0.717) is 11.0 Å². The first-order valence-electron chi connectivity index (χ1n) is 5.25. The molecule has 0 bridgehead atoms. The Morgan fingerprint density at radius 3 is 2.75 bits per heavy atom. The molecule has 1 aromatic carbocycles. The van der Waals surface area contributed by atoms with E-state index in [1.54, 1.807) is 0 Å². The molecule has 16 heavy (non-hydrogen) atoms. The average Bonchev–Trinajstić information content (AvgIpc) is 3.07. The van der Waals surface area contributed by atoms with Crippen LogP contribution in [0.4, 0.5) is 0 Å². The van der Waals surface area contributed by atoms with E-state index in [-0.39, 0.29) is 5.91 Å². The van der Waals surface area contributed by atoms with Crippen LogP contribution in [0.15, 0.2) is 28.7 Å². The van der Waals surface area contributed by atoms with Gasteiger partial charge in [0.25, 0.3) is 5.91 Å². The first-order chi connectivity index (χ1) is 7.65. The third kappa shape index (κ3) is 2.86. The van der Waals surface area contributed by atoms with Crippen LogP contribution >= 0.6 is 31.9 Å². The van der Waals surface area contributed by atoms with Crippen LogP contribution in [0.1, 0.15) is 23.2 Å². The Balaban J connectivity index is 1.93. The molecule has 0 saturated heterocycles. The lowest BCUT2D eigenvalue weighted by atomic mass is 10.1. The van der Waals surface area contributed by atoms with Crippen molar-refractivity contribution in [3.05, 3.63) is 34.3 Å². The quantitative estimate of drug-likeness (QED) is 0.832. The third-order valence-electron chi connectivity index (χ3n) is 2.95. The van der Waals surface area contributed by atoms with Crippen molar-refractivity contribution in [1.29, 1.82) is 0 Å². The maximum Gasteiger partial charge on any atom is 0.251 e. The van der Waals surface area contributed by atoms with Crippen molar-refractivity contribution in [3.8, 4) is 0 Å². The van der Waals surface area contributed by atoms with Crippen molar-refractivity contribution in [1.82, 2.24) is 5.32 Å². The van der Waals surface area contributed by atoms with Gasteiger partial charge in [-0.3, -0.25) is 4.79 Å². The van der Waals surface area contributed by atoms with Crippen LogP contribution in [0.2, 0.25) is 0 Å². The van der Waals surface area contributed by atoms with Crippen LogP contribution < -0.4 is 5.32 Å². The van der Waals surface area contributed by atoms with E-state index in [1.165, 1.54) is 12.8 Å². The molecule has 2 nitrogen and oxygen atoms in total. The van der Waals surface area contributed by atoms with Crippen LogP contribution in [0, 0.1) is 5.41 Å². The molecule has 1 saturated carbocycles. The summed E-state index contributed by atoms with van der Waals surface area (Å²) in [6, 6.07) is 7.45. The minimum absolute atomic E-state index is 0.00789. The molecule has 0 heterocycles. The van der Waals surface area contributed by atoms with Crippen molar-refractivity contribution in [3.63, 3.8) is 0 Å². The second-order valence-electron chi connectivity index (χ2n) is 4.33. The Bertz CT molecular complexity index is 402. The zero-order valence-electron chi connectivity index (χ0n) is 8.80.